The van der Waals surface area contributed by atoms with Crippen LogP contribution in [0.1, 0.15) is 33.9 Å². The molecule has 1 atom stereocenters. The van der Waals surface area contributed by atoms with E-state index in [4.69, 9.17) is 10.00 Å². The zero-order valence-corrected chi connectivity index (χ0v) is 19.6. The molecule has 0 amide bonds. The predicted octanol–water partition coefficient (Wildman–Crippen LogP) is 7.15. The van der Waals surface area contributed by atoms with Crippen molar-refractivity contribution in [2.24, 2.45) is 0 Å². The summed E-state index contributed by atoms with van der Waals surface area (Å²) < 4.78 is 6.44. The lowest BCUT2D eigenvalue weighted by Crippen LogP contribution is -2.09. The zero-order valence-electron chi connectivity index (χ0n) is 19.6. The number of rotatable bonds is 7. The normalized spacial score (nSPS) is 11.5. The standard InChI is InChI=1S/C32H23N3O/c33-19-24-12-10-23(11-13-24)18-32(28-7-4-16-35-21-28)36-22-25-14-15-27(20-34)31(17-25)30-9-3-6-26-5-1-2-8-29(26)30/h1-17,21,32H,18,22H2. The quantitative estimate of drug-likeness (QED) is 0.256. The molecule has 0 saturated carbocycles. The average molecular weight is 466 g/mol. The van der Waals surface area contributed by atoms with Crippen LogP contribution in [0, 0.1) is 22.7 Å². The first kappa shape index (κ1) is 23.0. The average Bonchev–Trinajstić information content (AvgIpc) is 2.95. The van der Waals surface area contributed by atoms with E-state index in [-0.39, 0.29) is 6.10 Å². The molecule has 172 valence electrons. The second-order valence-electron chi connectivity index (χ2n) is 8.62. The van der Waals surface area contributed by atoms with Crippen molar-refractivity contribution in [2.45, 2.75) is 19.1 Å². The number of benzene rings is 4. The van der Waals surface area contributed by atoms with Crippen molar-refractivity contribution in [3.8, 4) is 23.3 Å². The summed E-state index contributed by atoms with van der Waals surface area (Å²) in [6.07, 6.45) is 4.03. The van der Waals surface area contributed by atoms with Crippen LogP contribution >= 0.6 is 0 Å². The molecular weight excluding hydrogens is 442 g/mol. The Bertz CT molecular complexity index is 1570. The van der Waals surface area contributed by atoms with Crippen LogP contribution in [-0.4, -0.2) is 4.98 Å². The third-order valence-electron chi connectivity index (χ3n) is 6.30. The summed E-state index contributed by atoms with van der Waals surface area (Å²) in [5.41, 5.74) is 6.27. The van der Waals surface area contributed by atoms with Gasteiger partial charge in [-0.05, 0) is 63.4 Å². The molecule has 0 fully saturated rings. The molecule has 4 heteroatoms. The highest BCUT2D eigenvalue weighted by Gasteiger charge is 2.15. The summed E-state index contributed by atoms with van der Waals surface area (Å²) in [6.45, 7) is 0.388. The largest absolute Gasteiger partial charge is 0.368 e. The van der Waals surface area contributed by atoms with E-state index in [2.05, 4.69) is 47.5 Å². The van der Waals surface area contributed by atoms with Crippen molar-refractivity contribution in [1.82, 2.24) is 4.98 Å². The molecule has 0 spiro atoms. The second kappa shape index (κ2) is 10.7. The Morgan fingerprint density at radius 3 is 2.33 bits per heavy atom. The predicted molar refractivity (Wildman–Crippen MR) is 141 cm³/mol. The molecule has 1 aromatic heterocycles. The van der Waals surface area contributed by atoms with Crippen LogP contribution in [-0.2, 0) is 17.8 Å². The van der Waals surface area contributed by atoms with Crippen LogP contribution in [0.3, 0.4) is 0 Å². The summed E-state index contributed by atoms with van der Waals surface area (Å²) in [5.74, 6) is 0. The minimum atomic E-state index is -0.205. The maximum Gasteiger partial charge on any atom is 0.0998 e. The number of hydrogen-bond acceptors (Lipinski definition) is 4. The highest BCUT2D eigenvalue weighted by molar-refractivity contribution is 5.97. The molecule has 0 saturated heterocycles. The summed E-state index contributed by atoms with van der Waals surface area (Å²) in [6, 6.07) is 36.3. The van der Waals surface area contributed by atoms with Gasteiger partial charge in [0.15, 0.2) is 0 Å². The van der Waals surface area contributed by atoms with Crippen LogP contribution in [0.15, 0.2) is 109 Å². The van der Waals surface area contributed by atoms with Crippen LogP contribution < -0.4 is 0 Å². The first-order valence-electron chi connectivity index (χ1n) is 11.8. The van der Waals surface area contributed by atoms with Crippen LogP contribution in [0.5, 0.6) is 0 Å². The highest BCUT2D eigenvalue weighted by atomic mass is 16.5. The molecule has 1 heterocycles. The minimum Gasteiger partial charge on any atom is -0.368 e. The Kier molecular flexibility index (Phi) is 6.81. The number of pyridine rings is 1. The van der Waals surface area contributed by atoms with Gasteiger partial charge in [-0.3, -0.25) is 4.98 Å². The smallest absolute Gasteiger partial charge is 0.0998 e. The van der Waals surface area contributed by atoms with Crippen LogP contribution in [0.2, 0.25) is 0 Å². The van der Waals surface area contributed by atoms with E-state index in [1.807, 2.05) is 72.9 Å². The van der Waals surface area contributed by atoms with Gasteiger partial charge in [-0.2, -0.15) is 10.5 Å². The van der Waals surface area contributed by atoms with Gasteiger partial charge in [0.25, 0.3) is 0 Å². The first-order chi connectivity index (χ1) is 17.7. The molecule has 36 heavy (non-hydrogen) atoms. The summed E-state index contributed by atoms with van der Waals surface area (Å²) in [7, 11) is 0. The van der Waals surface area contributed by atoms with Gasteiger partial charge in [0.05, 0.1) is 36.0 Å². The van der Waals surface area contributed by atoms with E-state index < -0.39 is 0 Å². The zero-order chi connectivity index (χ0) is 24.7. The van der Waals surface area contributed by atoms with Crippen LogP contribution in [0.4, 0.5) is 0 Å². The lowest BCUT2D eigenvalue weighted by Gasteiger charge is -2.19. The molecule has 1 unspecified atom stereocenters. The lowest BCUT2D eigenvalue weighted by molar-refractivity contribution is 0.0397. The van der Waals surface area contributed by atoms with E-state index in [1.54, 1.807) is 6.20 Å². The SMILES string of the molecule is N#Cc1ccc(CC(OCc2ccc(C#N)c(-c3cccc4ccccc34)c2)c2cccnc2)cc1. The first-order valence-corrected chi connectivity index (χ1v) is 11.8. The Labute approximate surface area is 210 Å². The number of fused-ring (bicyclic) bond motifs is 1. The molecule has 4 nitrogen and oxygen atoms in total. The van der Waals surface area contributed by atoms with Gasteiger partial charge >= 0.3 is 0 Å². The van der Waals surface area contributed by atoms with Gasteiger partial charge in [-0.1, -0.05) is 66.7 Å². The number of nitrogens with zero attached hydrogens (tertiary/aromatic N) is 3. The Hall–Kier alpha value is -4.77. The van der Waals surface area contributed by atoms with Gasteiger partial charge in [0.2, 0.25) is 0 Å². The minimum absolute atomic E-state index is 0.205. The Morgan fingerprint density at radius 1 is 0.750 bits per heavy atom. The van der Waals surface area contributed by atoms with Crippen molar-refractivity contribution in [3.05, 3.63) is 137 Å². The number of hydrogen-bond donors (Lipinski definition) is 0. The molecular formula is C32H23N3O. The number of ether oxygens (including phenoxy) is 1. The number of aromatic nitrogens is 1. The molecule has 0 aliphatic heterocycles. The summed E-state index contributed by atoms with van der Waals surface area (Å²) in [4.78, 5) is 4.28. The molecule has 4 aromatic carbocycles. The van der Waals surface area contributed by atoms with Crippen molar-refractivity contribution in [1.29, 1.82) is 10.5 Å². The maximum atomic E-state index is 9.80. The van der Waals surface area contributed by atoms with Crippen molar-refractivity contribution < 1.29 is 4.74 Å². The maximum absolute atomic E-state index is 9.80. The second-order valence-corrected chi connectivity index (χ2v) is 8.62. The Balaban J connectivity index is 1.44. The van der Waals surface area contributed by atoms with Crippen molar-refractivity contribution in [2.75, 3.05) is 0 Å². The fourth-order valence-corrected chi connectivity index (χ4v) is 4.43. The van der Waals surface area contributed by atoms with Gasteiger partial charge < -0.3 is 4.74 Å². The Morgan fingerprint density at radius 2 is 1.56 bits per heavy atom. The van der Waals surface area contributed by atoms with Gasteiger partial charge in [0, 0.05) is 24.4 Å². The van der Waals surface area contributed by atoms with E-state index in [0.29, 0.717) is 24.2 Å². The van der Waals surface area contributed by atoms with Gasteiger partial charge in [0.1, 0.15) is 0 Å². The topological polar surface area (TPSA) is 69.7 Å². The monoisotopic (exact) mass is 465 g/mol. The van der Waals surface area contributed by atoms with E-state index in [1.165, 1.54) is 0 Å². The lowest BCUT2D eigenvalue weighted by atomic mass is 9.93. The summed E-state index contributed by atoms with van der Waals surface area (Å²) >= 11 is 0. The van der Waals surface area contributed by atoms with E-state index in [9.17, 15) is 5.26 Å². The van der Waals surface area contributed by atoms with Gasteiger partial charge in [-0.25, -0.2) is 0 Å². The molecule has 0 N–H and O–H groups in total. The van der Waals surface area contributed by atoms with E-state index >= 15 is 0 Å². The third-order valence-corrected chi connectivity index (χ3v) is 6.30. The van der Waals surface area contributed by atoms with Crippen molar-refractivity contribution in [3.63, 3.8) is 0 Å². The highest BCUT2D eigenvalue weighted by Crippen LogP contribution is 2.32. The molecule has 5 aromatic rings. The van der Waals surface area contributed by atoms with Crippen LogP contribution in [0.25, 0.3) is 21.9 Å². The van der Waals surface area contributed by atoms with Crippen molar-refractivity contribution >= 4 is 10.8 Å². The molecule has 0 bridgehead atoms. The third kappa shape index (κ3) is 5.00. The summed E-state index contributed by atoms with van der Waals surface area (Å²) in [5, 5.41) is 21.2. The number of nitriles is 2. The van der Waals surface area contributed by atoms with E-state index in [0.717, 1.165) is 38.6 Å². The fraction of sp³-hybridized carbons (Fsp3) is 0.0938. The molecule has 0 aliphatic carbocycles. The van der Waals surface area contributed by atoms with Gasteiger partial charge in [-0.15, -0.1) is 0 Å². The fourth-order valence-electron chi connectivity index (χ4n) is 4.43. The molecule has 5 rings (SSSR count). The molecule has 0 radical (unpaired) electrons. The molecule has 0 aliphatic rings.